The van der Waals surface area contributed by atoms with E-state index in [-0.39, 0.29) is 5.91 Å². The summed E-state index contributed by atoms with van der Waals surface area (Å²) in [5.41, 5.74) is 2.29. The van der Waals surface area contributed by atoms with Crippen LogP contribution in [-0.4, -0.2) is 45.3 Å². The lowest BCUT2D eigenvalue weighted by molar-refractivity contribution is -0.111. The first-order chi connectivity index (χ1) is 14.0. The van der Waals surface area contributed by atoms with Gasteiger partial charge in [-0.2, -0.15) is 0 Å². The molecule has 1 heterocycles. The number of morpholine rings is 1. The van der Waals surface area contributed by atoms with Crippen molar-refractivity contribution in [2.75, 3.05) is 43.6 Å². The smallest absolute Gasteiger partial charge is 0.340 e. The van der Waals surface area contributed by atoms with E-state index in [2.05, 4.69) is 10.2 Å². The Morgan fingerprint density at radius 2 is 1.90 bits per heavy atom. The van der Waals surface area contributed by atoms with Crippen LogP contribution in [-0.2, 0) is 14.3 Å². The average Bonchev–Trinajstić information content (AvgIpc) is 2.73. The molecule has 0 spiro atoms. The number of esters is 1. The number of ether oxygens (including phenoxy) is 2. The Kier molecular flexibility index (Phi) is 7.14. The van der Waals surface area contributed by atoms with Gasteiger partial charge in [0.2, 0.25) is 5.91 Å². The number of benzene rings is 2. The number of halogens is 2. The van der Waals surface area contributed by atoms with Gasteiger partial charge in [-0.05, 0) is 42.0 Å². The predicted octanol–water partition coefficient (Wildman–Crippen LogP) is 4.27. The largest absolute Gasteiger partial charge is 0.465 e. The lowest BCUT2D eigenvalue weighted by atomic mass is 10.1. The van der Waals surface area contributed by atoms with Crippen molar-refractivity contribution >= 4 is 52.5 Å². The maximum atomic E-state index is 12.3. The number of anilines is 2. The second-order valence-electron chi connectivity index (χ2n) is 6.31. The van der Waals surface area contributed by atoms with Gasteiger partial charge in [-0.25, -0.2) is 4.79 Å². The summed E-state index contributed by atoms with van der Waals surface area (Å²) >= 11 is 12.0. The van der Waals surface area contributed by atoms with Gasteiger partial charge >= 0.3 is 5.97 Å². The van der Waals surface area contributed by atoms with Gasteiger partial charge in [0.15, 0.2) is 0 Å². The summed E-state index contributed by atoms with van der Waals surface area (Å²) in [7, 11) is 1.33. The third-order valence-corrected chi connectivity index (χ3v) is 4.96. The van der Waals surface area contributed by atoms with E-state index in [1.807, 2.05) is 0 Å². The Morgan fingerprint density at radius 3 is 2.59 bits per heavy atom. The lowest BCUT2D eigenvalue weighted by Gasteiger charge is -2.30. The molecule has 1 N–H and O–H groups in total. The van der Waals surface area contributed by atoms with E-state index >= 15 is 0 Å². The number of hydrogen-bond acceptors (Lipinski definition) is 5. The van der Waals surface area contributed by atoms with Gasteiger partial charge in [0.25, 0.3) is 0 Å². The fourth-order valence-corrected chi connectivity index (χ4v) is 3.42. The Morgan fingerprint density at radius 1 is 1.14 bits per heavy atom. The SMILES string of the molecule is COC(=O)c1cc(NC(=O)/C=C/c2ccc(Cl)cc2Cl)ccc1N1CCOCC1. The van der Waals surface area contributed by atoms with E-state index < -0.39 is 5.97 Å². The number of nitrogens with zero attached hydrogens (tertiary/aromatic N) is 1. The number of rotatable bonds is 5. The van der Waals surface area contributed by atoms with E-state index in [0.717, 1.165) is 5.69 Å². The van der Waals surface area contributed by atoms with Gasteiger partial charge in [0.1, 0.15) is 0 Å². The molecular weight excluding hydrogens is 415 g/mol. The zero-order chi connectivity index (χ0) is 20.8. The summed E-state index contributed by atoms with van der Waals surface area (Å²) in [5.74, 6) is -0.822. The van der Waals surface area contributed by atoms with Crippen molar-refractivity contribution in [2.45, 2.75) is 0 Å². The average molecular weight is 435 g/mol. The molecule has 0 bridgehead atoms. The molecule has 1 amide bonds. The highest BCUT2D eigenvalue weighted by Crippen LogP contribution is 2.26. The monoisotopic (exact) mass is 434 g/mol. The van der Waals surface area contributed by atoms with Crippen LogP contribution in [0.25, 0.3) is 6.08 Å². The molecule has 0 atom stereocenters. The molecule has 29 heavy (non-hydrogen) atoms. The first kappa shape index (κ1) is 21.2. The molecule has 0 aromatic heterocycles. The molecule has 0 unspecified atom stereocenters. The highest BCUT2D eigenvalue weighted by atomic mass is 35.5. The summed E-state index contributed by atoms with van der Waals surface area (Å²) in [6.07, 6.45) is 2.96. The number of carbonyl (C=O) groups excluding carboxylic acids is 2. The molecule has 1 saturated heterocycles. The predicted molar refractivity (Wildman–Crippen MR) is 115 cm³/mol. The highest BCUT2D eigenvalue weighted by molar-refractivity contribution is 6.35. The van der Waals surface area contributed by atoms with Crippen molar-refractivity contribution in [2.24, 2.45) is 0 Å². The van der Waals surface area contributed by atoms with Crippen molar-refractivity contribution in [3.8, 4) is 0 Å². The van der Waals surface area contributed by atoms with Gasteiger partial charge in [-0.3, -0.25) is 4.79 Å². The standard InChI is InChI=1S/C21H20Cl2N2O4/c1-28-21(27)17-13-16(5-6-19(17)25-8-10-29-11-9-25)24-20(26)7-3-14-2-4-15(22)12-18(14)23/h2-7,12-13H,8-11H2,1H3,(H,24,26)/b7-3+. The minimum Gasteiger partial charge on any atom is -0.465 e. The summed E-state index contributed by atoms with van der Waals surface area (Å²) in [6, 6.07) is 10.2. The van der Waals surface area contributed by atoms with E-state index in [1.54, 1.807) is 42.5 Å². The summed E-state index contributed by atoms with van der Waals surface area (Å²) in [6.45, 7) is 2.55. The summed E-state index contributed by atoms with van der Waals surface area (Å²) in [5, 5.41) is 3.72. The van der Waals surface area contributed by atoms with Crippen LogP contribution in [0.1, 0.15) is 15.9 Å². The maximum absolute atomic E-state index is 12.3. The molecule has 2 aromatic carbocycles. The number of amides is 1. The van der Waals surface area contributed by atoms with E-state index in [1.165, 1.54) is 13.2 Å². The number of carbonyl (C=O) groups is 2. The number of hydrogen-bond donors (Lipinski definition) is 1. The molecular formula is C21H20Cl2N2O4. The molecule has 1 aliphatic rings. The molecule has 2 aromatic rings. The molecule has 6 nitrogen and oxygen atoms in total. The quantitative estimate of drug-likeness (QED) is 0.561. The molecule has 0 saturated carbocycles. The summed E-state index contributed by atoms with van der Waals surface area (Å²) < 4.78 is 10.3. The molecule has 1 aliphatic heterocycles. The molecule has 8 heteroatoms. The normalized spacial score (nSPS) is 14.1. The third-order valence-electron chi connectivity index (χ3n) is 4.40. The maximum Gasteiger partial charge on any atom is 0.340 e. The van der Waals surface area contributed by atoms with Crippen molar-refractivity contribution in [3.63, 3.8) is 0 Å². The van der Waals surface area contributed by atoms with Crippen LogP contribution in [0.4, 0.5) is 11.4 Å². The summed E-state index contributed by atoms with van der Waals surface area (Å²) in [4.78, 5) is 26.6. The van der Waals surface area contributed by atoms with Crippen LogP contribution in [0.2, 0.25) is 10.0 Å². The first-order valence-corrected chi connectivity index (χ1v) is 9.72. The molecule has 0 aliphatic carbocycles. The number of methoxy groups -OCH3 is 1. The second-order valence-corrected chi connectivity index (χ2v) is 7.15. The van der Waals surface area contributed by atoms with Crippen LogP contribution in [0.5, 0.6) is 0 Å². The van der Waals surface area contributed by atoms with E-state index in [9.17, 15) is 9.59 Å². The zero-order valence-corrected chi connectivity index (χ0v) is 17.3. The topological polar surface area (TPSA) is 67.9 Å². The van der Waals surface area contributed by atoms with E-state index in [0.29, 0.717) is 53.2 Å². The van der Waals surface area contributed by atoms with Gasteiger partial charge < -0.3 is 19.7 Å². The molecule has 3 rings (SSSR count). The van der Waals surface area contributed by atoms with Crippen LogP contribution in [0.15, 0.2) is 42.5 Å². The van der Waals surface area contributed by atoms with Crippen molar-refractivity contribution in [1.82, 2.24) is 0 Å². The van der Waals surface area contributed by atoms with Crippen LogP contribution in [0, 0.1) is 0 Å². The van der Waals surface area contributed by atoms with Gasteiger partial charge in [-0.1, -0.05) is 29.3 Å². The second kappa shape index (κ2) is 9.78. The Bertz CT molecular complexity index is 940. The minimum atomic E-state index is -0.467. The van der Waals surface area contributed by atoms with Crippen molar-refractivity contribution < 1.29 is 19.1 Å². The fourth-order valence-electron chi connectivity index (χ4n) is 2.95. The zero-order valence-electron chi connectivity index (χ0n) is 15.8. The minimum absolute atomic E-state index is 0.356. The van der Waals surface area contributed by atoms with E-state index in [4.69, 9.17) is 32.7 Å². The lowest BCUT2D eigenvalue weighted by Crippen LogP contribution is -2.37. The van der Waals surface area contributed by atoms with Crippen LogP contribution < -0.4 is 10.2 Å². The highest BCUT2D eigenvalue weighted by Gasteiger charge is 2.20. The van der Waals surface area contributed by atoms with Gasteiger partial charge in [0, 0.05) is 34.9 Å². The number of nitrogens with one attached hydrogen (secondary N) is 1. The molecule has 0 radical (unpaired) electrons. The van der Waals surface area contributed by atoms with Gasteiger partial charge in [-0.15, -0.1) is 0 Å². The molecule has 152 valence electrons. The van der Waals surface area contributed by atoms with Gasteiger partial charge in [0.05, 0.1) is 31.6 Å². The first-order valence-electron chi connectivity index (χ1n) is 8.97. The van der Waals surface area contributed by atoms with Crippen LogP contribution in [0.3, 0.4) is 0 Å². The third kappa shape index (κ3) is 5.50. The Labute approximate surface area is 179 Å². The fraction of sp³-hybridized carbons (Fsp3) is 0.238. The van der Waals surface area contributed by atoms with Crippen LogP contribution >= 0.6 is 23.2 Å². The van der Waals surface area contributed by atoms with Crippen molar-refractivity contribution in [1.29, 1.82) is 0 Å². The van der Waals surface area contributed by atoms with Crippen molar-refractivity contribution in [3.05, 3.63) is 63.6 Å². The molecule has 1 fully saturated rings. The Balaban J connectivity index is 1.76. The Hall–Kier alpha value is -2.54.